The fraction of sp³-hybridized carbons (Fsp3) is 0.533. The smallest absolute Gasteiger partial charge is 0.313 e. The summed E-state index contributed by atoms with van der Waals surface area (Å²) in [5, 5.41) is 0. The molecule has 20 heavy (non-hydrogen) atoms. The van der Waals surface area contributed by atoms with Crippen molar-refractivity contribution < 1.29 is 18.3 Å². The lowest BCUT2D eigenvalue weighted by molar-refractivity contribution is -0.157. The number of ether oxygens (including phenoxy) is 1. The minimum absolute atomic E-state index is 0.0305. The highest BCUT2D eigenvalue weighted by Gasteiger charge is 2.43. The molecule has 0 aliphatic carbocycles. The number of esters is 1. The first-order chi connectivity index (χ1) is 9.39. The van der Waals surface area contributed by atoms with Gasteiger partial charge >= 0.3 is 5.97 Å². The van der Waals surface area contributed by atoms with E-state index in [0.29, 0.717) is 0 Å². The summed E-state index contributed by atoms with van der Waals surface area (Å²) in [6.07, 6.45) is -0.113. The summed E-state index contributed by atoms with van der Waals surface area (Å²) in [7, 11) is 0. The van der Waals surface area contributed by atoms with E-state index in [9.17, 15) is 13.6 Å². The highest BCUT2D eigenvalue weighted by molar-refractivity contribution is 5.78. The number of rotatable bonds is 6. The van der Waals surface area contributed by atoms with Gasteiger partial charge in [0.2, 0.25) is 0 Å². The first-order valence-electron chi connectivity index (χ1n) is 6.69. The van der Waals surface area contributed by atoms with E-state index in [4.69, 9.17) is 10.5 Å². The van der Waals surface area contributed by atoms with Gasteiger partial charge in [-0.3, -0.25) is 4.79 Å². The third-order valence-electron chi connectivity index (χ3n) is 3.71. The zero-order valence-electron chi connectivity index (χ0n) is 12.1. The summed E-state index contributed by atoms with van der Waals surface area (Å²) >= 11 is 0. The van der Waals surface area contributed by atoms with E-state index in [1.807, 2.05) is 0 Å². The Morgan fingerprint density at radius 2 is 1.90 bits per heavy atom. The lowest BCUT2D eigenvalue weighted by atomic mass is 9.72. The average molecular weight is 285 g/mol. The number of halogens is 2. The van der Waals surface area contributed by atoms with Crippen molar-refractivity contribution in [1.29, 1.82) is 0 Å². The summed E-state index contributed by atoms with van der Waals surface area (Å²) in [6.45, 7) is 5.44. The third kappa shape index (κ3) is 3.15. The van der Waals surface area contributed by atoms with Crippen LogP contribution in [0.2, 0.25) is 0 Å². The lowest BCUT2D eigenvalue weighted by Crippen LogP contribution is -2.46. The van der Waals surface area contributed by atoms with Gasteiger partial charge in [-0.15, -0.1) is 0 Å². The number of hydrogen-bond donors (Lipinski definition) is 1. The monoisotopic (exact) mass is 285 g/mol. The molecule has 0 heterocycles. The molecule has 0 aliphatic rings. The summed E-state index contributed by atoms with van der Waals surface area (Å²) < 4.78 is 32.6. The van der Waals surface area contributed by atoms with Gasteiger partial charge in [0.25, 0.3) is 0 Å². The maximum atomic E-state index is 13.8. The number of carbonyl (C=O) groups is 1. The quantitative estimate of drug-likeness (QED) is 0.818. The third-order valence-corrected chi connectivity index (χ3v) is 3.71. The van der Waals surface area contributed by atoms with Gasteiger partial charge in [-0.2, -0.15) is 0 Å². The molecular formula is C15H21F2NO2. The molecule has 3 nitrogen and oxygen atoms in total. The summed E-state index contributed by atoms with van der Waals surface area (Å²) in [5.74, 6) is -2.06. The SMILES string of the molecule is CCOC(=O)C(CN)(Cc1c(F)cccc1F)C(C)C. The summed E-state index contributed by atoms with van der Waals surface area (Å²) in [5.41, 5.74) is 4.49. The maximum absolute atomic E-state index is 13.8. The van der Waals surface area contributed by atoms with Gasteiger partial charge in [0.05, 0.1) is 12.0 Å². The Morgan fingerprint density at radius 3 is 2.30 bits per heavy atom. The number of benzene rings is 1. The van der Waals surface area contributed by atoms with Gasteiger partial charge in [0.1, 0.15) is 11.6 Å². The van der Waals surface area contributed by atoms with Crippen LogP contribution < -0.4 is 5.73 Å². The molecule has 0 amide bonds. The highest BCUT2D eigenvalue weighted by atomic mass is 19.1. The fourth-order valence-electron chi connectivity index (χ4n) is 2.19. The van der Waals surface area contributed by atoms with E-state index < -0.39 is 23.0 Å². The van der Waals surface area contributed by atoms with Gasteiger partial charge in [0, 0.05) is 12.1 Å². The lowest BCUT2D eigenvalue weighted by Gasteiger charge is -2.34. The van der Waals surface area contributed by atoms with Crippen molar-refractivity contribution in [3.05, 3.63) is 35.4 Å². The van der Waals surface area contributed by atoms with E-state index >= 15 is 0 Å². The highest BCUT2D eigenvalue weighted by Crippen LogP contribution is 2.34. The van der Waals surface area contributed by atoms with Crippen LogP contribution in [-0.4, -0.2) is 19.1 Å². The Hall–Kier alpha value is -1.49. The van der Waals surface area contributed by atoms with E-state index in [0.717, 1.165) is 0 Å². The number of carbonyl (C=O) groups excluding carboxylic acids is 1. The van der Waals surface area contributed by atoms with Gasteiger partial charge in [-0.1, -0.05) is 19.9 Å². The average Bonchev–Trinajstić information content (AvgIpc) is 2.38. The Kier molecular flexibility index (Phi) is 5.62. The predicted octanol–water partition coefficient (Wildman–Crippen LogP) is 2.67. The Labute approximate surface area is 118 Å². The van der Waals surface area contributed by atoms with Gasteiger partial charge < -0.3 is 10.5 Å². The van der Waals surface area contributed by atoms with Crippen molar-refractivity contribution >= 4 is 5.97 Å². The Morgan fingerprint density at radius 1 is 1.35 bits per heavy atom. The van der Waals surface area contributed by atoms with Crippen molar-refractivity contribution in [2.45, 2.75) is 27.2 Å². The van der Waals surface area contributed by atoms with E-state index in [2.05, 4.69) is 0 Å². The molecule has 0 saturated heterocycles. The molecular weight excluding hydrogens is 264 g/mol. The number of nitrogens with two attached hydrogens (primary N) is 1. The Balaban J connectivity index is 3.22. The maximum Gasteiger partial charge on any atom is 0.313 e. The second kappa shape index (κ2) is 6.79. The van der Waals surface area contributed by atoms with Crippen molar-refractivity contribution in [3.63, 3.8) is 0 Å². The predicted molar refractivity (Wildman–Crippen MR) is 73.0 cm³/mol. The second-order valence-electron chi connectivity index (χ2n) is 5.11. The minimum Gasteiger partial charge on any atom is -0.466 e. The summed E-state index contributed by atoms with van der Waals surface area (Å²) in [6, 6.07) is 3.63. The summed E-state index contributed by atoms with van der Waals surface area (Å²) in [4.78, 5) is 12.2. The molecule has 5 heteroatoms. The zero-order chi connectivity index (χ0) is 15.3. The van der Waals surface area contributed by atoms with E-state index in [-0.39, 0.29) is 31.1 Å². The number of hydrogen-bond acceptors (Lipinski definition) is 3. The molecule has 0 spiro atoms. The molecule has 1 aromatic rings. The molecule has 2 N–H and O–H groups in total. The molecule has 1 aromatic carbocycles. The van der Waals surface area contributed by atoms with Gasteiger partial charge in [-0.05, 0) is 31.4 Å². The van der Waals surface area contributed by atoms with Crippen LogP contribution in [0, 0.1) is 23.0 Å². The molecule has 112 valence electrons. The standard InChI is InChI=1S/C15H21F2NO2/c1-4-20-14(19)15(9-18,10(2)3)8-11-12(16)6-5-7-13(11)17/h5-7,10H,4,8-9,18H2,1-3H3. The van der Waals surface area contributed by atoms with Gasteiger partial charge in [-0.25, -0.2) is 8.78 Å². The fourth-order valence-corrected chi connectivity index (χ4v) is 2.19. The molecule has 0 radical (unpaired) electrons. The van der Waals surface area contributed by atoms with Gasteiger partial charge in [0.15, 0.2) is 0 Å². The zero-order valence-corrected chi connectivity index (χ0v) is 12.1. The van der Waals surface area contributed by atoms with Crippen molar-refractivity contribution in [2.24, 2.45) is 17.1 Å². The Bertz CT molecular complexity index is 457. The first kappa shape index (κ1) is 16.6. The molecule has 1 atom stereocenters. The van der Waals surface area contributed by atoms with Crippen LogP contribution in [0.25, 0.3) is 0 Å². The van der Waals surface area contributed by atoms with Crippen LogP contribution in [0.3, 0.4) is 0 Å². The van der Waals surface area contributed by atoms with Crippen molar-refractivity contribution in [2.75, 3.05) is 13.2 Å². The minimum atomic E-state index is -1.13. The van der Waals surface area contributed by atoms with E-state index in [1.165, 1.54) is 18.2 Å². The molecule has 0 aliphatic heterocycles. The van der Waals surface area contributed by atoms with Crippen LogP contribution in [0.5, 0.6) is 0 Å². The molecule has 1 unspecified atom stereocenters. The second-order valence-corrected chi connectivity index (χ2v) is 5.11. The largest absolute Gasteiger partial charge is 0.466 e. The first-order valence-corrected chi connectivity index (χ1v) is 6.69. The normalized spacial score (nSPS) is 14.2. The molecule has 0 aromatic heterocycles. The van der Waals surface area contributed by atoms with Crippen LogP contribution in [-0.2, 0) is 16.0 Å². The van der Waals surface area contributed by atoms with Crippen LogP contribution in [0.1, 0.15) is 26.3 Å². The van der Waals surface area contributed by atoms with Crippen LogP contribution >= 0.6 is 0 Å². The molecule has 0 fully saturated rings. The van der Waals surface area contributed by atoms with Crippen molar-refractivity contribution in [1.82, 2.24) is 0 Å². The topological polar surface area (TPSA) is 52.3 Å². The van der Waals surface area contributed by atoms with E-state index in [1.54, 1.807) is 20.8 Å². The van der Waals surface area contributed by atoms with Crippen molar-refractivity contribution in [3.8, 4) is 0 Å². The molecule has 1 rings (SSSR count). The molecule has 0 bridgehead atoms. The molecule has 0 saturated carbocycles. The van der Waals surface area contributed by atoms with Crippen LogP contribution in [0.4, 0.5) is 8.78 Å². The van der Waals surface area contributed by atoms with Crippen LogP contribution in [0.15, 0.2) is 18.2 Å².